The fraction of sp³-hybridized carbons (Fsp3) is 0.278. The number of amides is 2. The summed E-state index contributed by atoms with van der Waals surface area (Å²) >= 11 is 5.91. The number of rotatable bonds is 6. The molecule has 0 saturated heterocycles. The number of aliphatic hydroxyl groups excluding tert-OH is 1. The van der Waals surface area contributed by atoms with Gasteiger partial charge in [0.2, 0.25) is 0 Å². The van der Waals surface area contributed by atoms with Crippen molar-refractivity contribution in [2.24, 2.45) is 0 Å². The molecule has 0 radical (unpaired) electrons. The van der Waals surface area contributed by atoms with E-state index in [-0.39, 0.29) is 12.6 Å². The van der Waals surface area contributed by atoms with Crippen LogP contribution in [0.1, 0.15) is 22.8 Å². The molecule has 0 saturated carbocycles. The summed E-state index contributed by atoms with van der Waals surface area (Å²) in [6, 6.07) is 12.4. The molecule has 2 aromatic rings. The first kappa shape index (κ1) is 18.1. The number of benzene rings is 2. The predicted octanol–water partition coefficient (Wildman–Crippen LogP) is 3.19. The number of aliphatic hydroxyl groups is 1. The van der Waals surface area contributed by atoms with E-state index >= 15 is 0 Å². The normalized spacial score (nSPS) is 11.7. The van der Waals surface area contributed by atoms with Crippen LogP contribution in [-0.2, 0) is 6.54 Å². The van der Waals surface area contributed by atoms with E-state index in [2.05, 4.69) is 10.6 Å². The smallest absolute Gasteiger partial charge is 0.315 e. The van der Waals surface area contributed by atoms with Crippen molar-refractivity contribution in [1.82, 2.24) is 10.6 Å². The molecule has 0 heterocycles. The molecule has 5 nitrogen and oxygen atoms in total. The highest BCUT2D eigenvalue weighted by atomic mass is 35.5. The van der Waals surface area contributed by atoms with Crippen LogP contribution in [0.25, 0.3) is 0 Å². The van der Waals surface area contributed by atoms with Gasteiger partial charge in [-0.25, -0.2) is 4.79 Å². The van der Waals surface area contributed by atoms with Gasteiger partial charge in [0.25, 0.3) is 0 Å². The molecule has 128 valence electrons. The van der Waals surface area contributed by atoms with Crippen LogP contribution in [0.5, 0.6) is 5.75 Å². The quantitative estimate of drug-likeness (QED) is 0.750. The maximum Gasteiger partial charge on any atom is 0.315 e. The Morgan fingerprint density at radius 1 is 1.25 bits per heavy atom. The van der Waals surface area contributed by atoms with Crippen molar-refractivity contribution in [2.75, 3.05) is 13.7 Å². The number of halogens is 1. The van der Waals surface area contributed by atoms with Gasteiger partial charge in [0, 0.05) is 23.7 Å². The maximum absolute atomic E-state index is 11.9. The Bertz CT molecular complexity index is 706. The summed E-state index contributed by atoms with van der Waals surface area (Å²) in [5, 5.41) is 16.1. The van der Waals surface area contributed by atoms with Crippen LogP contribution in [0, 0.1) is 6.92 Å². The number of carbonyl (C=O) groups excluding carboxylic acids is 1. The molecule has 2 amide bonds. The minimum absolute atomic E-state index is 0.133. The summed E-state index contributed by atoms with van der Waals surface area (Å²) in [5.41, 5.74) is 2.60. The topological polar surface area (TPSA) is 70.6 Å². The molecule has 3 N–H and O–H groups in total. The van der Waals surface area contributed by atoms with Gasteiger partial charge < -0.3 is 20.5 Å². The molecule has 6 heteroatoms. The van der Waals surface area contributed by atoms with Gasteiger partial charge in [0.15, 0.2) is 0 Å². The number of methoxy groups -OCH3 is 1. The molecular weight excluding hydrogens is 328 g/mol. The summed E-state index contributed by atoms with van der Waals surface area (Å²) in [7, 11) is 1.55. The zero-order valence-corrected chi connectivity index (χ0v) is 14.4. The summed E-state index contributed by atoms with van der Waals surface area (Å²) in [5.74, 6) is 0.614. The zero-order chi connectivity index (χ0) is 17.5. The predicted molar refractivity (Wildman–Crippen MR) is 94.4 cm³/mol. The number of hydrogen-bond donors (Lipinski definition) is 3. The van der Waals surface area contributed by atoms with Crippen LogP contribution in [-0.4, -0.2) is 24.8 Å². The van der Waals surface area contributed by atoms with Gasteiger partial charge >= 0.3 is 6.03 Å². The monoisotopic (exact) mass is 348 g/mol. The first-order valence-corrected chi connectivity index (χ1v) is 7.96. The average molecular weight is 349 g/mol. The molecule has 0 bridgehead atoms. The van der Waals surface area contributed by atoms with E-state index < -0.39 is 6.10 Å². The van der Waals surface area contributed by atoms with Gasteiger partial charge in [0.05, 0.1) is 13.2 Å². The highest BCUT2D eigenvalue weighted by molar-refractivity contribution is 6.30. The van der Waals surface area contributed by atoms with Gasteiger partial charge in [-0.05, 0) is 30.2 Å². The lowest BCUT2D eigenvalue weighted by atomic mass is 10.0. The lowest BCUT2D eigenvalue weighted by Gasteiger charge is -2.15. The molecular formula is C18H21ClN2O3. The van der Waals surface area contributed by atoms with Crippen molar-refractivity contribution >= 4 is 17.6 Å². The Kier molecular flexibility index (Phi) is 6.46. The van der Waals surface area contributed by atoms with Gasteiger partial charge in [-0.15, -0.1) is 0 Å². The van der Waals surface area contributed by atoms with Gasteiger partial charge in [0.1, 0.15) is 5.75 Å². The van der Waals surface area contributed by atoms with E-state index in [9.17, 15) is 9.90 Å². The third-order valence-electron chi connectivity index (χ3n) is 3.69. The molecule has 0 spiro atoms. The van der Waals surface area contributed by atoms with Crippen molar-refractivity contribution in [2.45, 2.75) is 19.6 Å². The largest absolute Gasteiger partial charge is 0.496 e. The van der Waals surface area contributed by atoms with Crippen LogP contribution in [0.4, 0.5) is 4.79 Å². The van der Waals surface area contributed by atoms with Gasteiger partial charge in [-0.1, -0.05) is 41.9 Å². The summed E-state index contributed by atoms with van der Waals surface area (Å²) in [6.45, 7) is 2.35. The fourth-order valence-electron chi connectivity index (χ4n) is 2.36. The first-order chi connectivity index (χ1) is 11.5. The van der Waals surface area contributed by atoms with E-state index in [1.54, 1.807) is 25.3 Å². The van der Waals surface area contributed by atoms with Crippen LogP contribution < -0.4 is 15.4 Å². The van der Waals surface area contributed by atoms with Crippen LogP contribution >= 0.6 is 11.6 Å². The lowest BCUT2D eigenvalue weighted by molar-refractivity contribution is 0.172. The molecule has 1 unspecified atom stereocenters. The molecule has 0 aromatic heterocycles. The number of carbonyl (C=O) groups is 1. The third kappa shape index (κ3) is 4.88. The number of hydrogen-bond acceptors (Lipinski definition) is 3. The van der Waals surface area contributed by atoms with Crippen molar-refractivity contribution < 1.29 is 14.6 Å². The number of aryl methyl sites for hydroxylation is 1. The third-order valence-corrected chi connectivity index (χ3v) is 3.93. The van der Waals surface area contributed by atoms with Crippen LogP contribution in [0.3, 0.4) is 0 Å². The fourth-order valence-corrected chi connectivity index (χ4v) is 2.52. The minimum Gasteiger partial charge on any atom is -0.496 e. The van der Waals surface area contributed by atoms with E-state index in [1.807, 2.05) is 31.2 Å². The Labute approximate surface area is 146 Å². The maximum atomic E-state index is 11.9. The number of urea groups is 1. The van der Waals surface area contributed by atoms with Crippen LogP contribution in [0.15, 0.2) is 42.5 Å². The number of ether oxygens (including phenoxy) is 1. The lowest BCUT2D eigenvalue weighted by Crippen LogP contribution is -2.37. The van der Waals surface area contributed by atoms with Crippen molar-refractivity contribution in [3.8, 4) is 5.75 Å². The SMILES string of the molecule is COc1cc(Cl)ccc1CNC(=O)NCC(O)c1ccccc1C. The zero-order valence-electron chi connectivity index (χ0n) is 13.7. The summed E-state index contributed by atoms with van der Waals surface area (Å²) in [4.78, 5) is 11.9. The van der Waals surface area contributed by atoms with Crippen molar-refractivity contribution in [3.05, 3.63) is 64.2 Å². The molecule has 2 rings (SSSR count). The molecule has 0 aliphatic carbocycles. The highest BCUT2D eigenvalue weighted by Crippen LogP contribution is 2.22. The van der Waals surface area contributed by atoms with E-state index in [4.69, 9.17) is 16.3 Å². The standard InChI is InChI=1S/C18H21ClN2O3/c1-12-5-3-4-6-15(12)16(22)11-21-18(23)20-10-13-7-8-14(19)9-17(13)24-2/h3-9,16,22H,10-11H2,1-2H3,(H2,20,21,23). The van der Waals surface area contributed by atoms with E-state index in [1.165, 1.54) is 0 Å². The van der Waals surface area contributed by atoms with Crippen LogP contribution in [0.2, 0.25) is 5.02 Å². The number of nitrogens with one attached hydrogen (secondary N) is 2. The Hall–Kier alpha value is -2.24. The Morgan fingerprint density at radius 2 is 2.00 bits per heavy atom. The second-order valence-corrected chi connectivity index (χ2v) is 5.83. The molecule has 2 aromatic carbocycles. The van der Waals surface area contributed by atoms with Gasteiger partial charge in [-0.2, -0.15) is 0 Å². The second kappa shape index (κ2) is 8.57. The van der Waals surface area contributed by atoms with Crippen molar-refractivity contribution in [1.29, 1.82) is 0 Å². The Balaban J connectivity index is 1.85. The highest BCUT2D eigenvalue weighted by Gasteiger charge is 2.12. The van der Waals surface area contributed by atoms with Gasteiger partial charge in [-0.3, -0.25) is 0 Å². The summed E-state index contributed by atoms with van der Waals surface area (Å²) in [6.07, 6.45) is -0.748. The minimum atomic E-state index is -0.748. The van der Waals surface area contributed by atoms with E-state index in [0.717, 1.165) is 16.7 Å². The second-order valence-electron chi connectivity index (χ2n) is 5.39. The van der Waals surface area contributed by atoms with E-state index in [0.29, 0.717) is 17.3 Å². The Morgan fingerprint density at radius 3 is 2.71 bits per heavy atom. The molecule has 0 fully saturated rings. The molecule has 24 heavy (non-hydrogen) atoms. The average Bonchev–Trinajstić information content (AvgIpc) is 2.58. The first-order valence-electron chi connectivity index (χ1n) is 7.59. The molecule has 0 aliphatic rings. The molecule has 0 aliphatic heterocycles. The summed E-state index contributed by atoms with van der Waals surface area (Å²) < 4.78 is 5.23. The van der Waals surface area contributed by atoms with Crippen molar-refractivity contribution in [3.63, 3.8) is 0 Å². The molecule has 1 atom stereocenters.